The highest BCUT2D eigenvalue weighted by atomic mass is 79.9. The average molecular weight is 318 g/mol. The number of oxazole rings is 1. The molecule has 1 aromatic rings. The predicted molar refractivity (Wildman–Crippen MR) is 82.4 cm³/mol. The number of rotatable bonds is 11. The molecular formula is C15H28BrNO. The van der Waals surface area contributed by atoms with Gasteiger partial charge in [0.2, 0.25) is 0 Å². The van der Waals surface area contributed by atoms with Crippen LogP contribution in [0.3, 0.4) is 0 Å². The van der Waals surface area contributed by atoms with E-state index in [1.165, 1.54) is 64.2 Å². The van der Waals surface area contributed by atoms with E-state index in [0.717, 1.165) is 12.3 Å². The zero-order valence-electron chi connectivity index (χ0n) is 11.7. The third kappa shape index (κ3) is 9.69. The molecule has 0 saturated carbocycles. The molecule has 0 aliphatic rings. The van der Waals surface area contributed by atoms with Crippen LogP contribution in [0.4, 0.5) is 0 Å². The van der Waals surface area contributed by atoms with Crippen LogP contribution in [0.1, 0.15) is 77.0 Å². The van der Waals surface area contributed by atoms with Gasteiger partial charge < -0.3 is 4.42 Å². The van der Waals surface area contributed by atoms with Crippen LogP contribution in [0.5, 0.6) is 0 Å². The molecular weight excluding hydrogens is 290 g/mol. The van der Waals surface area contributed by atoms with E-state index < -0.39 is 0 Å². The summed E-state index contributed by atoms with van der Waals surface area (Å²) < 4.78 is 5.20. The second-order valence-electron chi connectivity index (χ2n) is 4.86. The van der Waals surface area contributed by atoms with E-state index in [2.05, 4.69) is 11.9 Å². The van der Waals surface area contributed by atoms with Gasteiger partial charge >= 0.3 is 0 Å². The van der Waals surface area contributed by atoms with Gasteiger partial charge in [0.05, 0.1) is 6.20 Å². The van der Waals surface area contributed by atoms with Crippen LogP contribution < -0.4 is 0 Å². The van der Waals surface area contributed by atoms with E-state index in [1.807, 2.05) is 0 Å². The van der Waals surface area contributed by atoms with Crippen molar-refractivity contribution in [2.24, 2.45) is 0 Å². The molecule has 0 fully saturated rings. The van der Waals surface area contributed by atoms with Crippen molar-refractivity contribution in [3.63, 3.8) is 0 Å². The number of nitrogens with zero attached hydrogens (tertiary/aromatic N) is 1. The summed E-state index contributed by atoms with van der Waals surface area (Å²) >= 11 is 0. The van der Waals surface area contributed by atoms with Crippen LogP contribution in [0.25, 0.3) is 0 Å². The predicted octanol–water partition coefficient (Wildman–Crippen LogP) is 5.72. The zero-order chi connectivity index (χ0) is 12.2. The molecule has 1 aromatic heterocycles. The van der Waals surface area contributed by atoms with Gasteiger partial charge in [-0.2, -0.15) is 0 Å². The minimum atomic E-state index is 0. The van der Waals surface area contributed by atoms with Crippen molar-refractivity contribution in [1.82, 2.24) is 4.98 Å². The third-order valence-corrected chi connectivity index (χ3v) is 3.23. The Kier molecular flexibility index (Phi) is 12.9. The van der Waals surface area contributed by atoms with Gasteiger partial charge in [-0.05, 0) is 6.42 Å². The Morgan fingerprint density at radius 2 is 1.44 bits per heavy atom. The molecule has 0 atom stereocenters. The maximum atomic E-state index is 5.20. The molecule has 0 spiro atoms. The zero-order valence-corrected chi connectivity index (χ0v) is 13.4. The Bertz CT molecular complexity index is 249. The molecule has 1 heterocycles. The lowest BCUT2D eigenvalue weighted by Crippen LogP contribution is -1.86. The number of unbranched alkanes of at least 4 members (excludes halogenated alkanes) is 9. The van der Waals surface area contributed by atoms with Gasteiger partial charge in [0, 0.05) is 6.42 Å². The third-order valence-electron chi connectivity index (χ3n) is 3.23. The minimum absolute atomic E-state index is 0. The molecule has 0 aliphatic heterocycles. The van der Waals surface area contributed by atoms with Gasteiger partial charge in [0.15, 0.2) is 5.89 Å². The van der Waals surface area contributed by atoms with Gasteiger partial charge in [0.25, 0.3) is 0 Å². The second-order valence-corrected chi connectivity index (χ2v) is 4.86. The van der Waals surface area contributed by atoms with Gasteiger partial charge in [-0.15, -0.1) is 17.0 Å². The lowest BCUT2D eigenvalue weighted by Gasteiger charge is -2.01. The van der Waals surface area contributed by atoms with E-state index >= 15 is 0 Å². The number of halogens is 1. The SMILES string of the molecule is Br.CCCCCCCCCCCCc1ncco1. The summed E-state index contributed by atoms with van der Waals surface area (Å²) in [4.78, 5) is 4.13. The standard InChI is InChI=1S/C15H27NO.BrH/c1-2-3-4-5-6-7-8-9-10-11-12-15-16-13-14-17-15;/h13-14H,2-12H2,1H3;1H. The largest absolute Gasteiger partial charge is 0.449 e. The highest BCUT2D eigenvalue weighted by Gasteiger charge is 1.97. The van der Waals surface area contributed by atoms with Crippen LogP contribution in [0.15, 0.2) is 16.9 Å². The van der Waals surface area contributed by atoms with E-state index in [-0.39, 0.29) is 17.0 Å². The summed E-state index contributed by atoms with van der Waals surface area (Å²) in [6.07, 6.45) is 18.2. The molecule has 1 rings (SSSR count). The highest BCUT2D eigenvalue weighted by Crippen LogP contribution is 2.11. The number of aryl methyl sites for hydroxylation is 1. The summed E-state index contributed by atoms with van der Waals surface area (Å²) in [5, 5.41) is 0. The Balaban J connectivity index is 0.00000289. The quantitative estimate of drug-likeness (QED) is 0.488. The Labute approximate surface area is 122 Å². The summed E-state index contributed by atoms with van der Waals surface area (Å²) in [5.74, 6) is 0.893. The van der Waals surface area contributed by atoms with Crippen molar-refractivity contribution in [1.29, 1.82) is 0 Å². The molecule has 0 radical (unpaired) electrons. The Hall–Kier alpha value is -0.310. The van der Waals surface area contributed by atoms with Gasteiger partial charge in [-0.1, -0.05) is 64.7 Å². The van der Waals surface area contributed by atoms with Crippen molar-refractivity contribution in [3.05, 3.63) is 18.4 Å². The molecule has 3 heteroatoms. The minimum Gasteiger partial charge on any atom is -0.449 e. The maximum Gasteiger partial charge on any atom is 0.193 e. The molecule has 0 bridgehead atoms. The van der Waals surface area contributed by atoms with Crippen molar-refractivity contribution in [3.8, 4) is 0 Å². The number of hydrogen-bond donors (Lipinski definition) is 0. The Morgan fingerprint density at radius 3 is 1.94 bits per heavy atom. The first-order chi connectivity index (χ1) is 8.43. The van der Waals surface area contributed by atoms with Gasteiger partial charge in [0.1, 0.15) is 6.26 Å². The summed E-state index contributed by atoms with van der Waals surface area (Å²) in [6, 6.07) is 0. The smallest absolute Gasteiger partial charge is 0.193 e. The fourth-order valence-corrected chi connectivity index (χ4v) is 2.14. The first kappa shape index (κ1) is 17.7. The van der Waals surface area contributed by atoms with Crippen LogP contribution in [-0.2, 0) is 6.42 Å². The van der Waals surface area contributed by atoms with Gasteiger partial charge in [-0.3, -0.25) is 0 Å². The first-order valence-electron chi connectivity index (χ1n) is 7.32. The molecule has 2 nitrogen and oxygen atoms in total. The lowest BCUT2D eigenvalue weighted by atomic mass is 10.1. The van der Waals surface area contributed by atoms with Crippen molar-refractivity contribution >= 4 is 17.0 Å². The molecule has 0 amide bonds. The van der Waals surface area contributed by atoms with E-state index in [9.17, 15) is 0 Å². The topological polar surface area (TPSA) is 26.0 Å². The first-order valence-corrected chi connectivity index (χ1v) is 7.32. The van der Waals surface area contributed by atoms with Crippen LogP contribution in [0.2, 0.25) is 0 Å². The summed E-state index contributed by atoms with van der Waals surface area (Å²) in [5.41, 5.74) is 0. The molecule has 0 saturated heterocycles. The molecule has 106 valence electrons. The van der Waals surface area contributed by atoms with Crippen LogP contribution >= 0.6 is 17.0 Å². The molecule has 0 aliphatic carbocycles. The normalized spacial score (nSPS) is 10.3. The molecule has 18 heavy (non-hydrogen) atoms. The van der Waals surface area contributed by atoms with Crippen molar-refractivity contribution in [2.45, 2.75) is 77.6 Å². The van der Waals surface area contributed by atoms with E-state index in [1.54, 1.807) is 12.5 Å². The molecule has 0 N–H and O–H groups in total. The summed E-state index contributed by atoms with van der Waals surface area (Å²) in [6.45, 7) is 2.27. The lowest BCUT2D eigenvalue weighted by molar-refractivity contribution is 0.476. The monoisotopic (exact) mass is 317 g/mol. The van der Waals surface area contributed by atoms with Crippen LogP contribution in [-0.4, -0.2) is 4.98 Å². The van der Waals surface area contributed by atoms with Gasteiger partial charge in [-0.25, -0.2) is 4.98 Å². The van der Waals surface area contributed by atoms with Crippen LogP contribution in [0, 0.1) is 0 Å². The van der Waals surface area contributed by atoms with E-state index in [0.29, 0.717) is 0 Å². The van der Waals surface area contributed by atoms with Crippen molar-refractivity contribution in [2.75, 3.05) is 0 Å². The number of aromatic nitrogens is 1. The molecule has 0 aromatic carbocycles. The fourth-order valence-electron chi connectivity index (χ4n) is 2.14. The number of hydrogen-bond acceptors (Lipinski definition) is 2. The van der Waals surface area contributed by atoms with E-state index in [4.69, 9.17) is 4.42 Å². The second kappa shape index (κ2) is 13.1. The van der Waals surface area contributed by atoms with Crippen molar-refractivity contribution < 1.29 is 4.42 Å². The molecule has 0 unspecified atom stereocenters. The fraction of sp³-hybridized carbons (Fsp3) is 0.800. The summed E-state index contributed by atoms with van der Waals surface area (Å²) in [7, 11) is 0. The maximum absolute atomic E-state index is 5.20. The average Bonchev–Trinajstić information content (AvgIpc) is 2.85. The highest BCUT2D eigenvalue weighted by molar-refractivity contribution is 8.93. The Morgan fingerprint density at radius 1 is 0.889 bits per heavy atom.